The molecule has 0 aromatic heterocycles. The van der Waals surface area contributed by atoms with Crippen molar-refractivity contribution in [1.82, 2.24) is 0 Å². The van der Waals surface area contributed by atoms with Gasteiger partial charge >= 0.3 is 0 Å². The number of nitrogens with zero attached hydrogens (tertiary/aromatic N) is 1. The number of hydrogen-bond donors (Lipinski definition) is 0. The van der Waals surface area contributed by atoms with Gasteiger partial charge in [-0.05, 0) is 43.3 Å². The molecule has 0 radical (unpaired) electrons. The molecule has 0 aliphatic carbocycles. The summed E-state index contributed by atoms with van der Waals surface area (Å²) in [5.74, 6) is -0.442. The Morgan fingerprint density at radius 1 is 1.05 bits per heavy atom. The summed E-state index contributed by atoms with van der Waals surface area (Å²) in [6, 6.07) is 9.65. The molecule has 112 valence electrons. The Bertz CT molecular complexity index is 728. The number of anilines is 1. The van der Waals surface area contributed by atoms with Crippen LogP contribution in [0.3, 0.4) is 0 Å². The van der Waals surface area contributed by atoms with Crippen molar-refractivity contribution in [1.29, 1.82) is 0 Å². The monoisotopic (exact) mass is 347 g/mol. The van der Waals surface area contributed by atoms with Crippen molar-refractivity contribution in [3.05, 3.63) is 58.3 Å². The van der Waals surface area contributed by atoms with E-state index in [-0.39, 0.29) is 21.5 Å². The van der Waals surface area contributed by atoms with E-state index in [2.05, 4.69) is 0 Å². The third-order valence-corrected chi connectivity index (χ3v) is 5.73. The normalized spacial score (nSPS) is 11.4. The van der Waals surface area contributed by atoms with Crippen LogP contribution in [0.4, 0.5) is 10.1 Å². The van der Waals surface area contributed by atoms with Crippen molar-refractivity contribution < 1.29 is 12.8 Å². The highest BCUT2D eigenvalue weighted by Gasteiger charge is 2.28. The Morgan fingerprint density at radius 2 is 1.57 bits per heavy atom. The molecule has 2 rings (SSSR count). The van der Waals surface area contributed by atoms with Gasteiger partial charge in [0, 0.05) is 6.54 Å². The van der Waals surface area contributed by atoms with E-state index in [4.69, 9.17) is 23.2 Å². The number of rotatable bonds is 4. The zero-order chi connectivity index (χ0) is 15.6. The van der Waals surface area contributed by atoms with Gasteiger partial charge in [0.2, 0.25) is 0 Å². The zero-order valence-electron chi connectivity index (χ0n) is 11.1. The molecule has 0 heterocycles. The molecular weight excluding hydrogens is 336 g/mol. The van der Waals surface area contributed by atoms with Gasteiger partial charge in [0.15, 0.2) is 0 Å². The van der Waals surface area contributed by atoms with Gasteiger partial charge in [0.25, 0.3) is 10.0 Å². The smallest absolute Gasteiger partial charge is 0.267 e. The summed E-state index contributed by atoms with van der Waals surface area (Å²) in [5, 5.41) is 0.0890. The van der Waals surface area contributed by atoms with Crippen LogP contribution < -0.4 is 4.31 Å². The van der Waals surface area contributed by atoms with Crippen molar-refractivity contribution in [2.24, 2.45) is 0 Å². The summed E-state index contributed by atoms with van der Waals surface area (Å²) in [4.78, 5) is -0.153. The van der Waals surface area contributed by atoms with Gasteiger partial charge in [-0.2, -0.15) is 0 Å². The highest BCUT2D eigenvalue weighted by atomic mass is 35.5. The van der Waals surface area contributed by atoms with Crippen molar-refractivity contribution in [2.75, 3.05) is 10.8 Å². The van der Waals surface area contributed by atoms with Crippen molar-refractivity contribution >= 4 is 38.9 Å². The molecule has 0 atom stereocenters. The molecule has 0 saturated carbocycles. The molecule has 7 heteroatoms. The fourth-order valence-corrected chi connectivity index (χ4v) is 4.51. The average Bonchev–Trinajstić information content (AvgIpc) is 2.41. The predicted octanol–water partition coefficient (Wildman–Crippen LogP) is 4.35. The molecule has 21 heavy (non-hydrogen) atoms. The minimum atomic E-state index is -3.93. The number of hydrogen-bond acceptors (Lipinski definition) is 2. The van der Waals surface area contributed by atoms with Crippen molar-refractivity contribution in [3.63, 3.8) is 0 Å². The first-order valence-electron chi connectivity index (χ1n) is 6.10. The molecule has 3 nitrogen and oxygen atoms in total. The molecule has 2 aromatic rings. The molecule has 0 bridgehead atoms. The lowest BCUT2D eigenvalue weighted by Gasteiger charge is -2.24. The SMILES string of the molecule is CCN(c1ccc(F)cc1)S(=O)(=O)c1c(Cl)cccc1Cl. The van der Waals surface area contributed by atoms with E-state index in [0.29, 0.717) is 5.69 Å². The average molecular weight is 348 g/mol. The second-order valence-electron chi connectivity index (χ2n) is 4.20. The first-order chi connectivity index (χ1) is 9.87. The van der Waals surface area contributed by atoms with Crippen LogP contribution in [0, 0.1) is 5.82 Å². The molecule has 2 aromatic carbocycles. The summed E-state index contributed by atoms with van der Waals surface area (Å²) in [7, 11) is -3.93. The zero-order valence-corrected chi connectivity index (χ0v) is 13.4. The van der Waals surface area contributed by atoms with Gasteiger partial charge in [0.05, 0.1) is 15.7 Å². The van der Waals surface area contributed by atoms with E-state index in [9.17, 15) is 12.8 Å². The fourth-order valence-electron chi connectivity index (χ4n) is 1.94. The summed E-state index contributed by atoms with van der Waals surface area (Å²) >= 11 is 12.0. The Labute approximate surface area is 133 Å². The van der Waals surface area contributed by atoms with E-state index in [1.807, 2.05) is 0 Å². The van der Waals surface area contributed by atoms with Crippen LogP contribution in [0.15, 0.2) is 47.4 Å². The van der Waals surface area contributed by atoms with Crippen LogP contribution in [0.1, 0.15) is 6.92 Å². The highest BCUT2D eigenvalue weighted by molar-refractivity contribution is 7.93. The lowest BCUT2D eigenvalue weighted by atomic mass is 10.3. The molecule has 0 aliphatic heterocycles. The minimum absolute atomic E-state index is 0.0445. The van der Waals surface area contributed by atoms with Gasteiger partial charge in [-0.1, -0.05) is 29.3 Å². The highest BCUT2D eigenvalue weighted by Crippen LogP contribution is 2.33. The lowest BCUT2D eigenvalue weighted by molar-refractivity contribution is 0.591. The molecular formula is C14H12Cl2FNO2S. The summed E-state index contributed by atoms with van der Waals surface area (Å²) in [6.45, 7) is 1.83. The summed E-state index contributed by atoms with van der Waals surface area (Å²) < 4.78 is 39.6. The second kappa shape index (κ2) is 6.22. The van der Waals surface area contributed by atoms with Crippen LogP contribution in [0.5, 0.6) is 0 Å². The maximum absolute atomic E-state index is 13.0. The van der Waals surface area contributed by atoms with Crippen molar-refractivity contribution in [3.8, 4) is 0 Å². The molecule has 0 amide bonds. The van der Waals surface area contributed by atoms with E-state index in [1.54, 1.807) is 13.0 Å². The summed E-state index contributed by atoms with van der Waals surface area (Å²) in [5.41, 5.74) is 0.342. The summed E-state index contributed by atoms with van der Waals surface area (Å²) in [6.07, 6.45) is 0. The Balaban J connectivity index is 2.58. The maximum atomic E-state index is 13.0. The lowest BCUT2D eigenvalue weighted by Crippen LogP contribution is -2.31. The van der Waals surface area contributed by atoms with Gasteiger partial charge in [0.1, 0.15) is 10.7 Å². The van der Waals surface area contributed by atoms with E-state index < -0.39 is 15.8 Å². The van der Waals surface area contributed by atoms with Crippen LogP contribution in [-0.2, 0) is 10.0 Å². The molecule has 0 N–H and O–H groups in total. The van der Waals surface area contributed by atoms with Crippen LogP contribution in [-0.4, -0.2) is 15.0 Å². The topological polar surface area (TPSA) is 37.4 Å². The van der Waals surface area contributed by atoms with Gasteiger partial charge < -0.3 is 0 Å². The largest absolute Gasteiger partial charge is 0.267 e. The third kappa shape index (κ3) is 3.15. The molecule has 0 unspecified atom stereocenters. The van der Waals surface area contributed by atoms with Crippen molar-refractivity contribution in [2.45, 2.75) is 11.8 Å². The Morgan fingerprint density at radius 3 is 2.05 bits per heavy atom. The Hall–Kier alpha value is -1.30. The quantitative estimate of drug-likeness (QED) is 0.824. The fraction of sp³-hybridized carbons (Fsp3) is 0.143. The van der Waals surface area contributed by atoms with E-state index >= 15 is 0 Å². The van der Waals surface area contributed by atoms with Crippen LogP contribution in [0.25, 0.3) is 0 Å². The van der Waals surface area contributed by atoms with Crippen LogP contribution in [0.2, 0.25) is 10.0 Å². The molecule has 0 aliphatic rings. The number of sulfonamides is 1. The number of benzene rings is 2. The van der Waals surface area contributed by atoms with E-state index in [0.717, 1.165) is 4.31 Å². The van der Waals surface area contributed by atoms with Crippen LogP contribution >= 0.6 is 23.2 Å². The van der Waals surface area contributed by atoms with Gasteiger partial charge in [-0.3, -0.25) is 4.31 Å². The first-order valence-corrected chi connectivity index (χ1v) is 8.30. The predicted molar refractivity (Wildman–Crippen MR) is 83.1 cm³/mol. The molecule has 0 saturated heterocycles. The van der Waals surface area contributed by atoms with E-state index in [1.165, 1.54) is 36.4 Å². The number of halogens is 3. The van der Waals surface area contributed by atoms with Gasteiger partial charge in [-0.15, -0.1) is 0 Å². The third-order valence-electron chi connectivity index (χ3n) is 2.87. The standard InChI is InChI=1S/C14H12Cl2FNO2S/c1-2-18(11-8-6-10(17)7-9-11)21(19,20)14-12(15)4-3-5-13(14)16/h3-9H,2H2,1H3. The van der Waals surface area contributed by atoms with Gasteiger partial charge in [-0.25, -0.2) is 12.8 Å². The molecule has 0 fully saturated rings. The maximum Gasteiger partial charge on any atom is 0.267 e. The Kier molecular flexibility index (Phi) is 4.76. The minimum Gasteiger partial charge on any atom is -0.267 e. The molecule has 0 spiro atoms. The second-order valence-corrected chi connectivity index (χ2v) is 6.81. The first kappa shape index (κ1) is 16.1.